The average molecular weight is 301 g/mol. The zero-order chi connectivity index (χ0) is 15.7. The third-order valence-corrected chi connectivity index (χ3v) is 3.36. The van der Waals surface area contributed by atoms with E-state index in [1.807, 2.05) is 32.9 Å². The van der Waals surface area contributed by atoms with Crippen LogP contribution < -0.4 is 5.32 Å². The highest BCUT2D eigenvalue weighted by molar-refractivity contribution is 5.76. The van der Waals surface area contributed by atoms with Crippen molar-refractivity contribution in [3.63, 3.8) is 0 Å². The predicted molar refractivity (Wildman–Crippen MR) is 80.1 cm³/mol. The van der Waals surface area contributed by atoms with Crippen LogP contribution in [0.3, 0.4) is 0 Å². The van der Waals surface area contributed by atoms with E-state index in [9.17, 15) is 4.79 Å². The summed E-state index contributed by atoms with van der Waals surface area (Å²) in [5, 5.41) is 6.91. The van der Waals surface area contributed by atoms with Crippen LogP contribution in [0, 0.1) is 0 Å². The van der Waals surface area contributed by atoms with Crippen LogP contribution in [-0.4, -0.2) is 44.7 Å². The smallest absolute Gasteiger partial charge is 0.317 e. The van der Waals surface area contributed by atoms with Gasteiger partial charge in [-0.1, -0.05) is 5.16 Å². The lowest BCUT2D eigenvalue weighted by molar-refractivity contribution is 0.131. The Hall–Kier alpha value is -2.44. The van der Waals surface area contributed by atoms with Gasteiger partial charge in [0.2, 0.25) is 11.7 Å². The van der Waals surface area contributed by atoms with Gasteiger partial charge in [-0.15, -0.1) is 0 Å². The molecule has 7 nitrogen and oxygen atoms in total. The number of hydrogen-bond acceptors (Lipinski definition) is 5. The van der Waals surface area contributed by atoms with Crippen LogP contribution in [0.1, 0.15) is 32.6 Å². The number of carbonyl (C=O) groups excluding carboxylic acids is 1. The first-order chi connectivity index (χ1) is 10.4. The molecule has 2 aromatic rings. The molecule has 1 saturated heterocycles. The summed E-state index contributed by atoms with van der Waals surface area (Å²) < 4.78 is 5.30. The van der Waals surface area contributed by atoms with Crippen molar-refractivity contribution in [3.8, 4) is 11.4 Å². The minimum Gasteiger partial charge on any atom is -0.339 e. The summed E-state index contributed by atoms with van der Waals surface area (Å²) in [6.45, 7) is 7.06. The monoisotopic (exact) mass is 301 g/mol. The lowest BCUT2D eigenvalue weighted by Crippen LogP contribution is -2.56. The molecule has 1 fully saturated rings. The molecule has 0 radical (unpaired) electrons. The van der Waals surface area contributed by atoms with Crippen molar-refractivity contribution in [1.29, 1.82) is 0 Å². The first kappa shape index (κ1) is 14.5. The molecule has 0 aliphatic carbocycles. The third kappa shape index (κ3) is 3.08. The Morgan fingerprint density at radius 3 is 2.82 bits per heavy atom. The van der Waals surface area contributed by atoms with E-state index in [-0.39, 0.29) is 17.5 Å². The van der Waals surface area contributed by atoms with Crippen LogP contribution in [0.4, 0.5) is 4.79 Å². The number of carbonyl (C=O) groups is 1. The summed E-state index contributed by atoms with van der Waals surface area (Å²) in [6.07, 6.45) is 3.39. The minimum atomic E-state index is -0.236. The van der Waals surface area contributed by atoms with Gasteiger partial charge in [0.25, 0.3) is 0 Å². The van der Waals surface area contributed by atoms with Gasteiger partial charge >= 0.3 is 6.03 Å². The summed E-state index contributed by atoms with van der Waals surface area (Å²) in [5.74, 6) is 1.20. The van der Waals surface area contributed by atoms with Crippen LogP contribution in [0.15, 0.2) is 29.0 Å². The summed E-state index contributed by atoms with van der Waals surface area (Å²) in [4.78, 5) is 22.2. The van der Waals surface area contributed by atoms with Crippen LogP contribution in [0.2, 0.25) is 0 Å². The van der Waals surface area contributed by atoms with E-state index in [0.717, 1.165) is 5.56 Å². The first-order valence-corrected chi connectivity index (χ1v) is 7.23. The van der Waals surface area contributed by atoms with Crippen molar-refractivity contribution < 1.29 is 9.32 Å². The molecule has 0 spiro atoms. The van der Waals surface area contributed by atoms with Crippen molar-refractivity contribution in [2.45, 2.75) is 32.2 Å². The average Bonchev–Trinajstić information content (AvgIpc) is 2.85. The lowest BCUT2D eigenvalue weighted by atomic mass is 10.0. The molecular weight excluding hydrogens is 282 g/mol. The number of aromatic nitrogens is 3. The number of amides is 2. The summed E-state index contributed by atoms with van der Waals surface area (Å²) in [6, 6.07) is 3.65. The molecule has 0 unspecified atom stereocenters. The van der Waals surface area contributed by atoms with Crippen molar-refractivity contribution in [1.82, 2.24) is 25.3 Å². The molecule has 2 aromatic heterocycles. The second-order valence-corrected chi connectivity index (χ2v) is 6.48. The van der Waals surface area contributed by atoms with Gasteiger partial charge in [-0.2, -0.15) is 4.98 Å². The Balaban J connectivity index is 1.60. The molecule has 7 heteroatoms. The fraction of sp³-hybridized carbons (Fsp3) is 0.467. The number of urea groups is 1. The Morgan fingerprint density at radius 2 is 2.18 bits per heavy atom. The van der Waals surface area contributed by atoms with E-state index in [0.29, 0.717) is 24.8 Å². The van der Waals surface area contributed by atoms with E-state index in [4.69, 9.17) is 4.52 Å². The number of pyridine rings is 1. The summed E-state index contributed by atoms with van der Waals surface area (Å²) in [7, 11) is 0. The molecule has 1 aliphatic heterocycles. The number of nitrogens with one attached hydrogen (secondary N) is 1. The van der Waals surface area contributed by atoms with Gasteiger partial charge in [0, 0.05) is 36.6 Å². The molecule has 0 atom stereocenters. The van der Waals surface area contributed by atoms with Crippen LogP contribution in [0.5, 0.6) is 0 Å². The molecule has 3 heterocycles. The number of likely N-dealkylation sites (tertiary alicyclic amines) is 1. The molecule has 3 rings (SSSR count). The summed E-state index contributed by atoms with van der Waals surface area (Å²) in [5.41, 5.74) is 0.583. The molecule has 1 aliphatic rings. The van der Waals surface area contributed by atoms with Crippen molar-refractivity contribution in [2.75, 3.05) is 13.1 Å². The van der Waals surface area contributed by atoms with E-state index in [2.05, 4.69) is 20.4 Å². The molecule has 22 heavy (non-hydrogen) atoms. The van der Waals surface area contributed by atoms with Crippen molar-refractivity contribution in [2.24, 2.45) is 0 Å². The van der Waals surface area contributed by atoms with E-state index in [1.54, 1.807) is 17.3 Å². The fourth-order valence-corrected chi connectivity index (χ4v) is 2.21. The second kappa shape index (κ2) is 5.40. The fourth-order valence-electron chi connectivity index (χ4n) is 2.21. The molecule has 0 saturated carbocycles. The highest BCUT2D eigenvalue weighted by atomic mass is 16.5. The van der Waals surface area contributed by atoms with E-state index in [1.165, 1.54) is 0 Å². The SMILES string of the molecule is CC(C)(C)NC(=O)N1CC(c2nc(-c3cccnc3)no2)C1. The Bertz CT molecular complexity index is 656. The van der Waals surface area contributed by atoms with Gasteiger partial charge in [-0.05, 0) is 32.9 Å². The van der Waals surface area contributed by atoms with Crippen molar-refractivity contribution in [3.05, 3.63) is 30.4 Å². The molecule has 0 aromatic carbocycles. The van der Waals surface area contributed by atoms with Crippen LogP contribution >= 0.6 is 0 Å². The van der Waals surface area contributed by atoms with Gasteiger partial charge in [0.1, 0.15) is 0 Å². The maximum atomic E-state index is 12.0. The standard InChI is InChI=1S/C15H19N5O2/c1-15(2,3)18-14(21)20-8-11(9-20)13-17-12(19-22-13)10-5-4-6-16-7-10/h4-7,11H,8-9H2,1-3H3,(H,18,21). The molecule has 2 amide bonds. The third-order valence-electron chi connectivity index (χ3n) is 3.36. The summed E-state index contributed by atoms with van der Waals surface area (Å²) >= 11 is 0. The maximum absolute atomic E-state index is 12.0. The van der Waals surface area contributed by atoms with Gasteiger partial charge < -0.3 is 14.7 Å². The Kier molecular flexibility index (Phi) is 3.56. The van der Waals surface area contributed by atoms with E-state index >= 15 is 0 Å². The zero-order valence-electron chi connectivity index (χ0n) is 12.9. The lowest BCUT2D eigenvalue weighted by Gasteiger charge is -2.38. The molecular formula is C15H19N5O2. The van der Waals surface area contributed by atoms with Gasteiger partial charge in [-0.25, -0.2) is 4.79 Å². The Morgan fingerprint density at radius 1 is 1.41 bits per heavy atom. The largest absolute Gasteiger partial charge is 0.339 e. The van der Waals surface area contributed by atoms with Gasteiger partial charge in [0.05, 0.1) is 5.92 Å². The highest BCUT2D eigenvalue weighted by Crippen LogP contribution is 2.27. The second-order valence-electron chi connectivity index (χ2n) is 6.48. The zero-order valence-corrected chi connectivity index (χ0v) is 12.9. The maximum Gasteiger partial charge on any atom is 0.317 e. The predicted octanol–water partition coefficient (Wildman–Crippen LogP) is 2.04. The van der Waals surface area contributed by atoms with Gasteiger partial charge in [0.15, 0.2) is 0 Å². The van der Waals surface area contributed by atoms with Crippen LogP contribution in [-0.2, 0) is 0 Å². The van der Waals surface area contributed by atoms with E-state index < -0.39 is 0 Å². The Labute approximate surface area is 128 Å². The first-order valence-electron chi connectivity index (χ1n) is 7.23. The minimum absolute atomic E-state index is 0.0595. The molecule has 0 bridgehead atoms. The van der Waals surface area contributed by atoms with Crippen molar-refractivity contribution >= 4 is 6.03 Å². The molecule has 1 N–H and O–H groups in total. The number of rotatable bonds is 2. The van der Waals surface area contributed by atoms with Crippen LogP contribution in [0.25, 0.3) is 11.4 Å². The number of hydrogen-bond donors (Lipinski definition) is 1. The normalized spacial score (nSPS) is 15.5. The quantitative estimate of drug-likeness (QED) is 0.917. The number of nitrogens with zero attached hydrogens (tertiary/aromatic N) is 4. The topological polar surface area (TPSA) is 84.2 Å². The highest BCUT2D eigenvalue weighted by Gasteiger charge is 2.36. The molecule has 116 valence electrons. The van der Waals surface area contributed by atoms with Gasteiger partial charge in [-0.3, -0.25) is 4.98 Å².